The number of nitrogens with one attached hydrogen (secondary N) is 1. The summed E-state index contributed by atoms with van der Waals surface area (Å²) in [4.78, 5) is 39.2. The third-order valence-electron chi connectivity index (χ3n) is 5.15. The van der Waals surface area contributed by atoms with Crippen molar-refractivity contribution in [3.05, 3.63) is 99.0 Å². The van der Waals surface area contributed by atoms with E-state index in [1.165, 1.54) is 6.08 Å². The van der Waals surface area contributed by atoms with Crippen LogP contribution in [0.15, 0.2) is 76.8 Å². The van der Waals surface area contributed by atoms with Crippen LogP contribution in [0.2, 0.25) is 0 Å². The van der Waals surface area contributed by atoms with E-state index in [4.69, 9.17) is 4.74 Å². The molecule has 0 saturated carbocycles. The van der Waals surface area contributed by atoms with Crippen LogP contribution in [0.25, 0.3) is 6.08 Å². The van der Waals surface area contributed by atoms with Gasteiger partial charge in [-0.3, -0.25) is 14.9 Å². The van der Waals surface area contributed by atoms with Crippen molar-refractivity contribution in [2.24, 2.45) is 0 Å². The van der Waals surface area contributed by atoms with Crippen LogP contribution in [0.5, 0.6) is 5.75 Å². The van der Waals surface area contributed by atoms with Crippen molar-refractivity contribution < 1.29 is 19.1 Å². The minimum atomic E-state index is -0.780. The van der Waals surface area contributed by atoms with Gasteiger partial charge in [-0.15, -0.1) is 0 Å². The predicted molar refractivity (Wildman–Crippen MR) is 130 cm³/mol. The van der Waals surface area contributed by atoms with Crippen LogP contribution < -0.4 is 15.0 Å². The number of anilines is 1. The summed E-state index contributed by atoms with van der Waals surface area (Å²) < 4.78 is 6.75. The highest BCUT2D eigenvalue weighted by Crippen LogP contribution is 2.29. The van der Waals surface area contributed by atoms with Gasteiger partial charge in [-0.2, -0.15) is 0 Å². The van der Waals surface area contributed by atoms with Crippen LogP contribution in [0.1, 0.15) is 22.3 Å². The standard InChI is InChI=1S/C26H21BrN2O4/c1-16-6-8-18(9-7-16)15-33-23-11-10-20(27)13-19(23)14-22-24(30)28-26(32)29(25(22)31)21-5-3-4-17(2)12-21/h3-14H,15H2,1-2H3,(H,28,30,32)/b22-14+. The third-order valence-corrected chi connectivity index (χ3v) is 5.64. The molecule has 3 aromatic carbocycles. The highest BCUT2D eigenvalue weighted by atomic mass is 79.9. The first-order valence-corrected chi connectivity index (χ1v) is 11.1. The van der Waals surface area contributed by atoms with Gasteiger partial charge < -0.3 is 4.74 Å². The molecule has 6 nitrogen and oxygen atoms in total. The lowest BCUT2D eigenvalue weighted by atomic mass is 10.1. The summed E-state index contributed by atoms with van der Waals surface area (Å²) in [7, 11) is 0. The van der Waals surface area contributed by atoms with Crippen molar-refractivity contribution >= 4 is 45.5 Å². The zero-order valence-electron chi connectivity index (χ0n) is 18.1. The van der Waals surface area contributed by atoms with Crippen LogP contribution >= 0.6 is 15.9 Å². The lowest BCUT2D eigenvalue weighted by molar-refractivity contribution is -0.122. The summed E-state index contributed by atoms with van der Waals surface area (Å²) in [6, 6.07) is 19.5. The van der Waals surface area contributed by atoms with E-state index in [-0.39, 0.29) is 5.57 Å². The Hall–Kier alpha value is -3.71. The maximum Gasteiger partial charge on any atom is 0.335 e. The highest BCUT2D eigenvalue weighted by Gasteiger charge is 2.37. The Morgan fingerprint density at radius 2 is 1.70 bits per heavy atom. The van der Waals surface area contributed by atoms with E-state index in [1.54, 1.807) is 30.3 Å². The van der Waals surface area contributed by atoms with E-state index in [0.29, 0.717) is 23.6 Å². The third kappa shape index (κ3) is 5.04. The molecule has 166 valence electrons. The van der Waals surface area contributed by atoms with E-state index in [9.17, 15) is 14.4 Å². The number of halogens is 1. The summed E-state index contributed by atoms with van der Waals surface area (Å²) in [5.74, 6) is -0.942. The maximum absolute atomic E-state index is 13.2. The van der Waals surface area contributed by atoms with Crippen molar-refractivity contribution in [2.75, 3.05) is 4.90 Å². The lowest BCUT2D eigenvalue weighted by Gasteiger charge is -2.26. The number of imide groups is 2. The predicted octanol–water partition coefficient (Wildman–Crippen LogP) is 5.31. The Kier molecular flexibility index (Phi) is 6.42. The summed E-state index contributed by atoms with van der Waals surface area (Å²) >= 11 is 3.43. The fraction of sp³-hybridized carbons (Fsp3) is 0.115. The Balaban J connectivity index is 1.67. The molecule has 1 saturated heterocycles. The lowest BCUT2D eigenvalue weighted by Crippen LogP contribution is -2.54. The molecule has 1 fully saturated rings. The second-order valence-corrected chi connectivity index (χ2v) is 8.67. The summed E-state index contributed by atoms with van der Waals surface area (Å²) in [6.07, 6.45) is 1.45. The van der Waals surface area contributed by atoms with Gasteiger partial charge in [0.1, 0.15) is 17.9 Å². The molecule has 7 heteroatoms. The molecule has 1 aliphatic rings. The molecule has 4 rings (SSSR count). The summed E-state index contributed by atoms with van der Waals surface area (Å²) in [6.45, 7) is 4.20. The first-order valence-electron chi connectivity index (χ1n) is 10.3. The second-order valence-electron chi connectivity index (χ2n) is 7.75. The number of amides is 4. The van der Waals surface area contributed by atoms with Crippen LogP contribution in [0.3, 0.4) is 0 Å². The quantitative estimate of drug-likeness (QED) is 0.377. The number of hydrogen-bond donors (Lipinski definition) is 1. The Morgan fingerprint density at radius 3 is 2.42 bits per heavy atom. The number of aryl methyl sites for hydroxylation is 2. The number of benzene rings is 3. The molecular weight excluding hydrogens is 484 g/mol. The number of hydrogen-bond acceptors (Lipinski definition) is 4. The van der Waals surface area contributed by atoms with Crippen molar-refractivity contribution in [3.8, 4) is 5.75 Å². The Morgan fingerprint density at radius 1 is 0.939 bits per heavy atom. The number of carbonyl (C=O) groups is 3. The fourth-order valence-electron chi connectivity index (χ4n) is 3.42. The van der Waals surface area contributed by atoms with Gasteiger partial charge in [0.25, 0.3) is 11.8 Å². The first-order chi connectivity index (χ1) is 15.8. The fourth-order valence-corrected chi connectivity index (χ4v) is 3.80. The van der Waals surface area contributed by atoms with Gasteiger partial charge in [-0.1, -0.05) is 57.9 Å². The number of rotatable bonds is 5. The minimum Gasteiger partial charge on any atom is -0.488 e. The maximum atomic E-state index is 13.2. The summed E-state index contributed by atoms with van der Waals surface area (Å²) in [5, 5.41) is 2.25. The SMILES string of the molecule is Cc1ccc(COc2ccc(Br)cc2/C=C2\C(=O)NC(=O)N(c3cccc(C)c3)C2=O)cc1. The number of urea groups is 1. The van der Waals surface area contributed by atoms with Crippen LogP contribution in [0.4, 0.5) is 10.5 Å². The normalized spacial score (nSPS) is 15.1. The van der Waals surface area contributed by atoms with Crippen LogP contribution in [-0.2, 0) is 16.2 Å². The first kappa shape index (κ1) is 22.5. The molecule has 4 amide bonds. The zero-order chi connectivity index (χ0) is 23.5. The Labute approximate surface area is 200 Å². The molecule has 1 N–H and O–H groups in total. The second kappa shape index (κ2) is 9.42. The van der Waals surface area contributed by atoms with Crippen LogP contribution in [0, 0.1) is 13.8 Å². The van der Waals surface area contributed by atoms with Gasteiger partial charge in [0.15, 0.2) is 0 Å². The van der Waals surface area contributed by atoms with E-state index in [1.807, 2.05) is 50.2 Å². The molecular formula is C26H21BrN2O4. The molecule has 1 heterocycles. The van der Waals surface area contributed by atoms with Gasteiger partial charge in [-0.05, 0) is 61.4 Å². The number of nitrogens with zero attached hydrogens (tertiary/aromatic N) is 1. The van der Waals surface area contributed by atoms with Gasteiger partial charge in [0.05, 0.1) is 5.69 Å². The topological polar surface area (TPSA) is 75.7 Å². The van der Waals surface area contributed by atoms with Crippen molar-refractivity contribution in [1.29, 1.82) is 0 Å². The van der Waals surface area contributed by atoms with Crippen molar-refractivity contribution in [2.45, 2.75) is 20.5 Å². The molecule has 0 atom stereocenters. The zero-order valence-corrected chi connectivity index (χ0v) is 19.7. The van der Waals surface area contributed by atoms with E-state index >= 15 is 0 Å². The summed E-state index contributed by atoms with van der Waals surface area (Å²) in [5.41, 5.74) is 3.80. The highest BCUT2D eigenvalue weighted by molar-refractivity contribution is 9.10. The van der Waals surface area contributed by atoms with Gasteiger partial charge in [0, 0.05) is 10.0 Å². The molecule has 33 heavy (non-hydrogen) atoms. The molecule has 0 aromatic heterocycles. The molecule has 0 radical (unpaired) electrons. The Bertz CT molecular complexity index is 1280. The van der Waals surface area contributed by atoms with Crippen molar-refractivity contribution in [1.82, 2.24) is 5.32 Å². The molecule has 0 bridgehead atoms. The van der Waals surface area contributed by atoms with E-state index in [2.05, 4.69) is 21.2 Å². The smallest absolute Gasteiger partial charge is 0.335 e. The average Bonchev–Trinajstić information content (AvgIpc) is 2.77. The number of carbonyl (C=O) groups excluding carboxylic acids is 3. The molecule has 0 unspecified atom stereocenters. The number of ether oxygens (including phenoxy) is 1. The van der Waals surface area contributed by atoms with Gasteiger partial charge in [0.2, 0.25) is 0 Å². The molecule has 1 aliphatic heterocycles. The minimum absolute atomic E-state index is 0.158. The number of barbiturate groups is 1. The molecule has 3 aromatic rings. The van der Waals surface area contributed by atoms with Crippen LogP contribution in [-0.4, -0.2) is 17.8 Å². The van der Waals surface area contributed by atoms with E-state index in [0.717, 1.165) is 26.1 Å². The molecule has 0 spiro atoms. The monoisotopic (exact) mass is 504 g/mol. The van der Waals surface area contributed by atoms with Gasteiger partial charge in [-0.25, -0.2) is 9.69 Å². The van der Waals surface area contributed by atoms with Gasteiger partial charge >= 0.3 is 6.03 Å². The van der Waals surface area contributed by atoms with E-state index < -0.39 is 17.8 Å². The largest absolute Gasteiger partial charge is 0.488 e. The van der Waals surface area contributed by atoms with Crippen molar-refractivity contribution in [3.63, 3.8) is 0 Å². The average molecular weight is 505 g/mol. The molecule has 0 aliphatic carbocycles.